The first kappa shape index (κ1) is 21.1. The summed E-state index contributed by atoms with van der Waals surface area (Å²) in [6.45, 7) is 1.69. The summed E-state index contributed by atoms with van der Waals surface area (Å²) in [5, 5.41) is 4.44. The minimum atomic E-state index is -0.103. The lowest BCUT2D eigenvalue weighted by Crippen LogP contribution is -3.05. The van der Waals surface area contributed by atoms with E-state index < -0.39 is 0 Å². The van der Waals surface area contributed by atoms with Gasteiger partial charge in [-0.1, -0.05) is 29.4 Å². The van der Waals surface area contributed by atoms with Crippen LogP contribution < -0.4 is 26.8 Å². The molecule has 0 spiro atoms. The van der Waals surface area contributed by atoms with E-state index in [-0.39, 0.29) is 18.5 Å². The summed E-state index contributed by atoms with van der Waals surface area (Å²) in [4.78, 5) is 7.02. The van der Waals surface area contributed by atoms with Gasteiger partial charge in [-0.15, -0.1) is 0 Å². The smallest absolute Gasteiger partial charge is 0.130 e. The number of halogens is 1. The molecule has 0 radical (unpaired) electrons. The van der Waals surface area contributed by atoms with Gasteiger partial charge in [0.15, 0.2) is 0 Å². The van der Waals surface area contributed by atoms with Crippen LogP contribution in [0, 0.1) is 0 Å². The summed E-state index contributed by atoms with van der Waals surface area (Å²) < 4.78 is 11.6. The zero-order chi connectivity index (χ0) is 18.4. The minimum absolute atomic E-state index is 0. The van der Waals surface area contributed by atoms with Gasteiger partial charge in [-0.2, -0.15) is 0 Å². The van der Waals surface area contributed by atoms with Gasteiger partial charge < -0.3 is 31.6 Å². The van der Waals surface area contributed by atoms with Gasteiger partial charge in [0.05, 0.1) is 33.5 Å². The Kier molecular flexibility index (Phi) is 7.95. The molecule has 0 aliphatic carbocycles. The quantitative estimate of drug-likeness (QED) is 0.511. The molecule has 1 aliphatic rings. The number of hydrogen-bond acceptors (Lipinski definition) is 4. The highest BCUT2D eigenvalue weighted by molar-refractivity contribution is 6.03. The number of nitrogens with zero attached hydrogens (tertiary/aromatic N) is 1. The second kappa shape index (κ2) is 10.2. The fraction of sp³-hybridized carbons (Fsp3) is 0.381. The summed E-state index contributed by atoms with van der Waals surface area (Å²) in [7, 11) is 5.95. The summed E-state index contributed by atoms with van der Waals surface area (Å²) >= 11 is 0. The second-order valence-corrected chi connectivity index (χ2v) is 6.77. The molecule has 0 fully saturated rings. The molecule has 0 saturated carbocycles. The van der Waals surface area contributed by atoms with Crippen molar-refractivity contribution in [3.05, 3.63) is 59.7 Å². The van der Waals surface area contributed by atoms with Crippen LogP contribution in [-0.4, -0.2) is 40.1 Å². The molecule has 1 aliphatic heterocycles. The Morgan fingerprint density at radius 3 is 2.74 bits per heavy atom. The van der Waals surface area contributed by atoms with Crippen LogP contribution in [0.1, 0.15) is 30.1 Å². The first-order valence-electron chi connectivity index (χ1n) is 9.05. The summed E-state index contributed by atoms with van der Waals surface area (Å²) in [6.07, 6.45) is 1.55. The number of methoxy groups -OCH3 is 1. The number of nitrogens with one attached hydrogen (secondary N) is 1. The number of benzene rings is 2. The maximum absolute atomic E-state index is 6.21. The number of ether oxygens (including phenoxy) is 2. The molecule has 2 aromatic carbocycles. The highest BCUT2D eigenvalue weighted by atomic mass is 35.5. The van der Waals surface area contributed by atoms with Crippen molar-refractivity contribution in [2.45, 2.75) is 18.9 Å². The van der Waals surface area contributed by atoms with Crippen molar-refractivity contribution < 1.29 is 31.6 Å². The zero-order valence-electron chi connectivity index (χ0n) is 16.1. The first-order valence-corrected chi connectivity index (χ1v) is 9.05. The van der Waals surface area contributed by atoms with Crippen molar-refractivity contribution in [3.63, 3.8) is 0 Å². The van der Waals surface area contributed by atoms with Crippen molar-refractivity contribution in [2.75, 3.05) is 34.4 Å². The van der Waals surface area contributed by atoms with Crippen molar-refractivity contribution in [3.8, 4) is 11.5 Å². The maximum Gasteiger partial charge on any atom is 0.130 e. The van der Waals surface area contributed by atoms with E-state index >= 15 is 0 Å². The fourth-order valence-corrected chi connectivity index (χ4v) is 3.02. The molecule has 6 heteroatoms. The number of fused-ring (bicyclic) bond motifs is 1. The Bertz CT molecular complexity index is 765. The van der Waals surface area contributed by atoms with Crippen LogP contribution >= 0.6 is 0 Å². The normalized spacial score (nSPS) is 17.0. The molecule has 1 heterocycles. The van der Waals surface area contributed by atoms with E-state index in [4.69, 9.17) is 14.3 Å². The van der Waals surface area contributed by atoms with E-state index in [0.717, 1.165) is 41.3 Å². The molecule has 2 aromatic rings. The highest BCUT2D eigenvalue weighted by Crippen LogP contribution is 2.36. The molecular formula is C21H27ClN2O3. The molecule has 1 unspecified atom stereocenters. The van der Waals surface area contributed by atoms with Crippen molar-refractivity contribution in [1.82, 2.24) is 0 Å². The molecule has 27 heavy (non-hydrogen) atoms. The number of quaternary nitrogens is 1. The molecule has 0 saturated heterocycles. The molecular weight excluding hydrogens is 364 g/mol. The van der Waals surface area contributed by atoms with E-state index in [1.807, 2.05) is 42.5 Å². The Morgan fingerprint density at radius 1 is 1.15 bits per heavy atom. The van der Waals surface area contributed by atoms with Crippen LogP contribution in [0.15, 0.2) is 53.7 Å². The minimum Gasteiger partial charge on any atom is -1.00 e. The van der Waals surface area contributed by atoms with Gasteiger partial charge in [0.1, 0.15) is 24.2 Å². The average molecular weight is 391 g/mol. The maximum atomic E-state index is 6.21. The SMILES string of the molecule is COc1cccc(C2C/C(=N\OCCC[NH+](C)C)c3ccccc3O2)c1.[Cl-]. The molecule has 0 bridgehead atoms. The van der Waals surface area contributed by atoms with Crippen LogP contribution in [0.5, 0.6) is 11.5 Å². The van der Waals surface area contributed by atoms with Gasteiger partial charge in [0.25, 0.3) is 0 Å². The molecule has 0 amide bonds. The predicted octanol–water partition coefficient (Wildman–Crippen LogP) is -0.522. The lowest BCUT2D eigenvalue weighted by molar-refractivity contribution is -0.858. The highest BCUT2D eigenvalue weighted by Gasteiger charge is 2.26. The third-order valence-corrected chi connectivity index (χ3v) is 4.40. The number of para-hydroxylation sites is 1. The van der Waals surface area contributed by atoms with Gasteiger partial charge in [0, 0.05) is 18.4 Å². The Morgan fingerprint density at radius 2 is 1.96 bits per heavy atom. The van der Waals surface area contributed by atoms with E-state index in [1.165, 1.54) is 4.90 Å². The van der Waals surface area contributed by atoms with Crippen LogP contribution in [0.4, 0.5) is 0 Å². The van der Waals surface area contributed by atoms with Gasteiger partial charge in [0.2, 0.25) is 0 Å². The lowest BCUT2D eigenvalue weighted by atomic mass is 9.95. The average Bonchev–Trinajstić information content (AvgIpc) is 2.67. The summed E-state index contributed by atoms with van der Waals surface area (Å²) in [6, 6.07) is 16.0. The van der Waals surface area contributed by atoms with E-state index in [1.54, 1.807) is 7.11 Å². The van der Waals surface area contributed by atoms with Crippen LogP contribution in [0.2, 0.25) is 0 Å². The predicted molar refractivity (Wildman–Crippen MR) is 102 cm³/mol. The van der Waals surface area contributed by atoms with Crippen molar-refractivity contribution >= 4 is 5.71 Å². The number of hydrogen-bond donors (Lipinski definition) is 1. The first-order chi connectivity index (χ1) is 12.7. The van der Waals surface area contributed by atoms with E-state index in [0.29, 0.717) is 13.0 Å². The van der Waals surface area contributed by atoms with Crippen LogP contribution in [0.3, 0.4) is 0 Å². The largest absolute Gasteiger partial charge is 1.00 e. The standard InChI is InChI=1S/C21H26N2O3.ClH/c1-23(2)12-7-13-25-22-19-15-21(16-8-6-9-17(14-16)24-3)26-20-11-5-4-10-18(19)20;/h4-6,8-11,14,21H,7,12-13,15H2,1-3H3;1H/b22-19+;. The molecule has 5 nitrogen and oxygen atoms in total. The van der Waals surface area contributed by atoms with Crippen molar-refractivity contribution in [1.29, 1.82) is 0 Å². The molecule has 3 rings (SSSR count). The Labute approximate surface area is 167 Å². The number of oxime groups is 1. The topological polar surface area (TPSA) is 44.5 Å². The third kappa shape index (κ3) is 5.62. The Balaban J connectivity index is 0.00000261. The van der Waals surface area contributed by atoms with Crippen molar-refractivity contribution in [2.24, 2.45) is 5.16 Å². The van der Waals surface area contributed by atoms with Gasteiger partial charge in [-0.3, -0.25) is 0 Å². The van der Waals surface area contributed by atoms with Gasteiger partial charge >= 0.3 is 0 Å². The molecule has 1 N–H and O–H groups in total. The third-order valence-electron chi connectivity index (χ3n) is 4.40. The molecule has 1 atom stereocenters. The van der Waals surface area contributed by atoms with Gasteiger partial charge in [-0.25, -0.2) is 0 Å². The fourth-order valence-electron chi connectivity index (χ4n) is 3.02. The van der Waals surface area contributed by atoms with E-state index in [2.05, 4.69) is 25.3 Å². The monoisotopic (exact) mass is 390 g/mol. The summed E-state index contributed by atoms with van der Waals surface area (Å²) in [5.41, 5.74) is 3.00. The van der Waals surface area contributed by atoms with E-state index in [9.17, 15) is 0 Å². The van der Waals surface area contributed by atoms with Gasteiger partial charge in [-0.05, 0) is 29.8 Å². The van der Waals surface area contributed by atoms with Crippen LogP contribution in [0.25, 0.3) is 0 Å². The summed E-state index contributed by atoms with van der Waals surface area (Å²) in [5.74, 6) is 1.66. The molecule has 146 valence electrons. The lowest BCUT2D eigenvalue weighted by Gasteiger charge is -2.27. The number of rotatable bonds is 7. The zero-order valence-corrected chi connectivity index (χ0v) is 16.8. The van der Waals surface area contributed by atoms with Crippen LogP contribution in [-0.2, 0) is 4.84 Å². The molecule has 0 aromatic heterocycles. The second-order valence-electron chi connectivity index (χ2n) is 6.77. The Hall–Kier alpha value is -2.24.